The van der Waals surface area contributed by atoms with E-state index < -0.39 is 35.4 Å². The molecule has 8 heteroatoms. The Morgan fingerprint density at radius 3 is 1.81 bits per heavy atom. The topological polar surface area (TPSA) is 102 Å². The Hall–Kier alpha value is -2.09. The number of unbranched alkanes of at least 4 members (excludes halogenated alkanes) is 1. The molecule has 0 saturated heterocycles. The zero-order chi connectivity index (χ0) is 21.3. The maximum Gasteiger partial charge on any atom is 0.420 e. The van der Waals surface area contributed by atoms with Crippen LogP contribution in [0.25, 0.3) is 0 Å². The number of hydrogen-bond donors (Lipinski definition) is 1. The third-order valence-electron chi connectivity index (χ3n) is 3.09. The van der Waals surface area contributed by atoms with Gasteiger partial charge in [-0.15, -0.1) is 0 Å². The molecule has 1 N–H and O–H groups in total. The van der Waals surface area contributed by atoms with Crippen molar-refractivity contribution in [2.45, 2.75) is 78.0 Å². The molecule has 0 heterocycles. The van der Waals surface area contributed by atoms with Gasteiger partial charge in [0.15, 0.2) is 0 Å². The molecular weight excluding hydrogens is 354 g/mol. The third kappa shape index (κ3) is 10.6. The van der Waals surface area contributed by atoms with Crippen molar-refractivity contribution in [1.82, 2.24) is 4.90 Å². The van der Waals surface area contributed by atoms with Crippen LogP contribution in [0.5, 0.6) is 0 Å². The van der Waals surface area contributed by atoms with Crippen molar-refractivity contribution in [1.29, 1.82) is 0 Å². The zero-order valence-corrected chi connectivity index (χ0v) is 17.4. The van der Waals surface area contributed by atoms with Crippen molar-refractivity contribution in [2.75, 3.05) is 13.7 Å². The van der Waals surface area contributed by atoms with Gasteiger partial charge in [0, 0.05) is 0 Å². The first-order valence-electron chi connectivity index (χ1n) is 8.91. The molecule has 156 valence electrons. The van der Waals surface area contributed by atoms with Crippen molar-refractivity contribution in [3.63, 3.8) is 0 Å². The number of aliphatic hydroxyl groups is 1. The lowest BCUT2D eigenvalue weighted by Gasteiger charge is -2.32. The van der Waals surface area contributed by atoms with Crippen LogP contribution in [-0.2, 0) is 19.0 Å². The van der Waals surface area contributed by atoms with E-state index in [9.17, 15) is 14.4 Å². The van der Waals surface area contributed by atoms with Crippen LogP contribution in [0.2, 0.25) is 0 Å². The highest BCUT2D eigenvalue weighted by molar-refractivity contribution is 5.94. The third-order valence-corrected chi connectivity index (χ3v) is 3.09. The maximum absolute atomic E-state index is 12.6. The van der Waals surface area contributed by atoms with Crippen LogP contribution in [0.3, 0.4) is 0 Å². The molecule has 1 atom stereocenters. The molecule has 2 amide bonds. The zero-order valence-electron chi connectivity index (χ0n) is 17.4. The Bertz CT molecular complexity index is 501. The number of carbonyl (C=O) groups is 3. The number of amides is 2. The van der Waals surface area contributed by atoms with Gasteiger partial charge in [-0.05, 0) is 60.8 Å². The molecule has 0 aromatic heterocycles. The van der Waals surface area contributed by atoms with Crippen molar-refractivity contribution in [2.24, 2.45) is 0 Å². The minimum atomic E-state index is -1.18. The van der Waals surface area contributed by atoms with E-state index in [1.54, 1.807) is 53.7 Å². The van der Waals surface area contributed by atoms with Crippen LogP contribution in [0.4, 0.5) is 9.59 Å². The highest BCUT2D eigenvalue weighted by Crippen LogP contribution is 2.20. The Kier molecular flexibility index (Phi) is 10.1. The van der Waals surface area contributed by atoms with Crippen LogP contribution in [0.15, 0.2) is 12.2 Å². The Labute approximate surface area is 161 Å². The van der Waals surface area contributed by atoms with Crippen LogP contribution in [0.1, 0.15) is 60.8 Å². The van der Waals surface area contributed by atoms with Crippen LogP contribution >= 0.6 is 0 Å². The number of nitrogens with zero attached hydrogens (tertiary/aromatic N) is 1. The van der Waals surface area contributed by atoms with Crippen molar-refractivity contribution < 1.29 is 33.7 Å². The van der Waals surface area contributed by atoms with Gasteiger partial charge in [0.1, 0.15) is 17.2 Å². The van der Waals surface area contributed by atoms with E-state index in [4.69, 9.17) is 19.3 Å². The second kappa shape index (κ2) is 10.9. The molecule has 0 spiro atoms. The highest BCUT2D eigenvalue weighted by atomic mass is 16.6. The van der Waals surface area contributed by atoms with Gasteiger partial charge < -0.3 is 19.3 Å². The van der Waals surface area contributed by atoms with E-state index in [1.807, 2.05) is 0 Å². The molecule has 0 bridgehead atoms. The first-order chi connectivity index (χ1) is 12.3. The molecule has 0 aromatic carbocycles. The van der Waals surface area contributed by atoms with E-state index in [0.717, 1.165) is 0 Å². The van der Waals surface area contributed by atoms with Gasteiger partial charge in [0.25, 0.3) is 0 Å². The van der Waals surface area contributed by atoms with E-state index in [2.05, 4.69) is 0 Å². The lowest BCUT2D eigenvalue weighted by molar-refractivity contribution is -0.147. The molecule has 0 fully saturated rings. The molecule has 0 aliphatic carbocycles. The van der Waals surface area contributed by atoms with E-state index in [0.29, 0.717) is 17.7 Å². The lowest BCUT2D eigenvalue weighted by atomic mass is 10.1. The van der Waals surface area contributed by atoms with Crippen molar-refractivity contribution in [3.8, 4) is 0 Å². The molecule has 0 aliphatic heterocycles. The number of methoxy groups -OCH3 is 1. The average Bonchev–Trinajstić information content (AvgIpc) is 2.49. The van der Waals surface area contributed by atoms with Gasteiger partial charge in [0.05, 0.1) is 13.7 Å². The van der Waals surface area contributed by atoms with Gasteiger partial charge in [-0.3, -0.25) is 0 Å². The number of imide groups is 1. The first-order valence-corrected chi connectivity index (χ1v) is 8.91. The molecule has 0 rings (SSSR count). The summed E-state index contributed by atoms with van der Waals surface area (Å²) in [5, 5.41) is 8.76. The van der Waals surface area contributed by atoms with Crippen LogP contribution in [0, 0.1) is 0 Å². The Morgan fingerprint density at radius 2 is 1.44 bits per heavy atom. The smallest absolute Gasteiger partial charge is 0.420 e. The standard InChI is InChI=1S/C19H33NO7/c1-18(2,3)26-16(23)20(17(24)27-19(4,5)6)14(15(22)25-7)12-10-8-9-11-13-21/h9,11,14,21H,8,10,12-13H2,1-7H3/b11-9+/t14-/m0/s1. The molecule has 0 saturated carbocycles. The fourth-order valence-corrected chi connectivity index (χ4v) is 2.06. The SMILES string of the molecule is COC(=O)[C@H](CCC/C=C/CO)N(C(=O)OC(C)(C)C)C(=O)OC(C)(C)C. The molecular formula is C19H33NO7. The monoisotopic (exact) mass is 387 g/mol. The summed E-state index contributed by atoms with van der Waals surface area (Å²) >= 11 is 0. The summed E-state index contributed by atoms with van der Waals surface area (Å²) in [5.74, 6) is -0.738. The van der Waals surface area contributed by atoms with Gasteiger partial charge in [-0.25, -0.2) is 14.4 Å². The van der Waals surface area contributed by atoms with Crippen LogP contribution in [-0.4, -0.2) is 59.1 Å². The predicted octanol–water partition coefficient (Wildman–Crippen LogP) is 3.42. The molecule has 8 nitrogen and oxygen atoms in total. The minimum Gasteiger partial charge on any atom is -0.467 e. The summed E-state index contributed by atoms with van der Waals surface area (Å²) in [6, 6.07) is -1.18. The first kappa shape index (κ1) is 24.9. The Morgan fingerprint density at radius 1 is 0.963 bits per heavy atom. The van der Waals surface area contributed by atoms with Gasteiger partial charge in [-0.2, -0.15) is 4.90 Å². The molecule has 0 aromatic rings. The number of hydrogen-bond acceptors (Lipinski definition) is 7. The summed E-state index contributed by atoms with van der Waals surface area (Å²) in [6.45, 7) is 9.87. The van der Waals surface area contributed by atoms with E-state index in [1.165, 1.54) is 7.11 Å². The highest BCUT2D eigenvalue weighted by Gasteiger charge is 2.40. The molecule has 0 aliphatic rings. The summed E-state index contributed by atoms with van der Waals surface area (Å²) in [6.07, 6.45) is 2.59. The summed E-state index contributed by atoms with van der Waals surface area (Å²) in [5.41, 5.74) is -1.72. The largest absolute Gasteiger partial charge is 0.467 e. The summed E-state index contributed by atoms with van der Waals surface area (Å²) in [4.78, 5) is 38.2. The maximum atomic E-state index is 12.6. The van der Waals surface area contributed by atoms with Gasteiger partial charge >= 0.3 is 18.2 Å². The van der Waals surface area contributed by atoms with Crippen molar-refractivity contribution >= 4 is 18.2 Å². The Balaban J connectivity index is 5.60. The molecule has 0 radical (unpaired) electrons. The van der Waals surface area contributed by atoms with Gasteiger partial charge in [-0.1, -0.05) is 12.2 Å². The quantitative estimate of drug-likeness (QED) is 0.309. The number of esters is 1. The fourth-order valence-electron chi connectivity index (χ4n) is 2.06. The predicted molar refractivity (Wildman–Crippen MR) is 100 cm³/mol. The normalized spacial score (nSPS) is 13.2. The molecule has 0 unspecified atom stereocenters. The summed E-state index contributed by atoms with van der Waals surface area (Å²) < 4.78 is 15.4. The van der Waals surface area contributed by atoms with E-state index >= 15 is 0 Å². The number of ether oxygens (including phenoxy) is 3. The fraction of sp³-hybridized carbons (Fsp3) is 0.737. The second-order valence-electron chi connectivity index (χ2n) is 7.95. The van der Waals surface area contributed by atoms with Crippen molar-refractivity contribution in [3.05, 3.63) is 12.2 Å². The lowest BCUT2D eigenvalue weighted by Crippen LogP contribution is -2.52. The number of aliphatic hydroxyl groups excluding tert-OH is 1. The van der Waals surface area contributed by atoms with Crippen LogP contribution < -0.4 is 0 Å². The van der Waals surface area contributed by atoms with E-state index in [-0.39, 0.29) is 13.0 Å². The number of rotatable bonds is 7. The number of allylic oxidation sites excluding steroid dienone is 1. The number of carbonyl (C=O) groups excluding carboxylic acids is 3. The second-order valence-corrected chi connectivity index (χ2v) is 7.95. The minimum absolute atomic E-state index is 0.0810. The van der Waals surface area contributed by atoms with Gasteiger partial charge in [0.2, 0.25) is 0 Å². The summed E-state index contributed by atoms with van der Waals surface area (Å²) in [7, 11) is 1.18. The molecule has 27 heavy (non-hydrogen) atoms. The average molecular weight is 387 g/mol.